The van der Waals surface area contributed by atoms with Crippen molar-refractivity contribution >= 4 is 54.0 Å². The maximum Gasteiger partial charge on any atom is 0.242 e. The Morgan fingerprint density at radius 2 is 1.11 bits per heavy atom. The van der Waals surface area contributed by atoms with Gasteiger partial charge in [-0.15, -0.1) is 0 Å². The Bertz CT molecular complexity index is 945. The van der Waals surface area contributed by atoms with E-state index in [0.29, 0.717) is 19.8 Å². The predicted molar refractivity (Wildman–Crippen MR) is 161 cm³/mol. The quantitative estimate of drug-likeness (QED) is 0.0279. The highest BCUT2D eigenvalue weighted by molar-refractivity contribution is 7.80. The van der Waals surface area contributed by atoms with Crippen molar-refractivity contribution in [1.29, 1.82) is 0 Å². The highest BCUT2D eigenvalue weighted by Crippen LogP contribution is 1.98. The molecular weight excluding hydrogens is 620 g/mol. The van der Waals surface area contributed by atoms with Gasteiger partial charge < -0.3 is 62.7 Å². The van der Waals surface area contributed by atoms with E-state index in [1.165, 1.54) is 0 Å². The van der Waals surface area contributed by atoms with E-state index < -0.39 is 54.1 Å². The average molecular weight is 667 g/mol. The van der Waals surface area contributed by atoms with Gasteiger partial charge in [-0.1, -0.05) is 0 Å². The van der Waals surface area contributed by atoms with Crippen LogP contribution >= 0.6 is 12.6 Å². The van der Waals surface area contributed by atoms with Gasteiger partial charge in [0.15, 0.2) is 0 Å². The van der Waals surface area contributed by atoms with E-state index >= 15 is 0 Å². The van der Waals surface area contributed by atoms with Crippen molar-refractivity contribution in [2.75, 3.05) is 84.8 Å². The zero-order valence-electron chi connectivity index (χ0n) is 25.1. The van der Waals surface area contributed by atoms with Crippen LogP contribution in [0.3, 0.4) is 0 Å². The third kappa shape index (κ3) is 24.4. The summed E-state index contributed by atoms with van der Waals surface area (Å²) in [5.41, 5.74) is 15.4. The molecule has 0 radical (unpaired) electrons. The zero-order valence-corrected chi connectivity index (χ0v) is 26.0. The van der Waals surface area contributed by atoms with E-state index in [-0.39, 0.29) is 83.6 Å². The van der Waals surface area contributed by atoms with Crippen LogP contribution in [0.2, 0.25) is 0 Å². The highest BCUT2D eigenvalue weighted by atomic mass is 32.1. The van der Waals surface area contributed by atoms with Gasteiger partial charge in [-0.05, 0) is 6.42 Å². The Morgan fingerprint density at radius 1 is 0.600 bits per heavy atom. The van der Waals surface area contributed by atoms with E-state index in [0.717, 1.165) is 0 Å². The van der Waals surface area contributed by atoms with Crippen molar-refractivity contribution in [3.63, 3.8) is 0 Å². The molecule has 0 aromatic carbocycles. The molecule has 0 fully saturated rings. The minimum Gasteiger partial charge on any atom is -0.379 e. The van der Waals surface area contributed by atoms with Crippen LogP contribution in [-0.2, 0) is 52.5 Å². The van der Waals surface area contributed by atoms with Crippen LogP contribution < -0.4 is 43.8 Å². The van der Waals surface area contributed by atoms with Crippen LogP contribution in [0.4, 0.5) is 0 Å². The van der Waals surface area contributed by atoms with E-state index in [4.69, 9.17) is 36.1 Å². The van der Waals surface area contributed by atoms with Crippen molar-refractivity contribution < 1.29 is 52.5 Å². The fraction of sp³-hybridized carbons (Fsp3) is 0.720. The number of ether oxygens (including phenoxy) is 4. The molecule has 0 bridgehead atoms. The predicted octanol–water partition coefficient (Wildman–Crippen LogP) is -5.60. The molecule has 0 spiro atoms. The first-order valence-corrected chi connectivity index (χ1v) is 14.7. The second-order valence-electron chi connectivity index (χ2n) is 9.08. The standard InChI is InChI=1S/C25H46N8O11S/c26-13-21(36)30-14-22(37)31-15-23(38)32-17(1-2-19(27)34)25(40)29-4-6-42-8-10-44-12-11-43-9-7-41-5-3-20(35)33-18(16-45)24(28)39/h17-18,45H,1-16,26H2,(H2,27,34)(H2,28,39)(H,29,40)(H,30,36)(H,31,37)(H,32,38)(H,33,35). The van der Waals surface area contributed by atoms with Crippen molar-refractivity contribution in [1.82, 2.24) is 26.6 Å². The SMILES string of the molecule is NCC(=O)NCC(=O)NCC(=O)NC(CCC(N)=O)C(=O)NCCOCCOCCOCCOCCC(=O)NC(CS)C(N)=O. The molecule has 258 valence electrons. The number of rotatable bonds is 28. The zero-order chi connectivity index (χ0) is 33.9. The number of primary amides is 2. The van der Waals surface area contributed by atoms with Gasteiger partial charge >= 0.3 is 0 Å². The molecule has 11 N–H and O–H groups in total. The summed E-state index contributed by atoms with van der Waals surface area (Å²) in [5.74, 6) is -4.00. The molecule has 20 heteroatoms. The van der Waals surface area contributed by atoms with Crippen LogP contribution in [0.1, 0.15) is 19.3 Å². The largest absolute Gasteiger partial charge is 0.379 e. The van der Waals surface area contributed by atoms with E-state index in [2.05, 4.69) is 39.2 Å². The third-order valence-corrected chi connectivity index (χ3v) is 5.77. The Balaban J connectivity index is 3.94. The van der Waals surface area contributed by atoms with Crippen LogP contribution in [0.5, 0.6) is 0 Å². The van der Waals surface area contributed by atoms with Gasteiger partial charge in [0.1, 0.15) is 12.1 Å². The normalized spacial score (nSPS) is 12.0. The first-order valence-electron chi connectivity index (χ1n) is 14.1. The van der Waals surface area contributed by atoms with Gasteiger partial charge in [0.2, 0.25) is 41.4 Å². The second kappa shape index (κ2) is 26.8. The van der Waals surface area contributed by atoms with Crippen LogP contribution in [-0.4, -0.2) is 138 Å². The summed E-state index contributed by atoms with van der Waals surface area (Å²) < 4.78 is 21.4. The number of hydrogen-bond acceptors (Lipinski definition) is 13. The first-order chi connectivity index (χ1) is 21.5. The van der Waals surface area contributed by atoms with Crippen molar-refractivity contribution in [3.8, 4) is 0 Å². The fourth-order valence-electron chi connectivity index (χ4n) is 3.06. The van der Waals surface area contributed by atoms with Gasteiger partial charge in [-0.25, -0.2) is 0 Å². The lowest BCUT2D eigenvalue weighted by molar-refractivity contribution is -0.130. The Hall–Kier alpha value is -3.56. The Morgan fingerprint density at radius 3 is 1.64 bits per heavy atom. The molecule has 0 aliphatic carbocycles. The lowest BCUT2D eigenvalue weighted by atomic mass is 10.1. The molecule has 0 aliphatic heterocycles. The number of hydrogen-bond donors (Lipinski definition) is 9. The summed E-state index contributed by atoms with van der Waals surface area (Å²) in [5, 5.41) is 12.0. The Labute approximate surface area is 266 Å². The number of carbonyl (C=O) groups is 7. The monoisotopic (exact) mass is 666 g/mol. The van der Waals surface area contributed by atoms with Gasteiger partial charge in [-0.2, -0.15) is 12.6 Å². The van der Waals surface area contributed by atoms with E-state index in [1.807, 2.05) is 0 Å². The minimum atomic E-state index is -1.08. The summed E-state index contributed by atoms with van der Waals surface area (Å²) in [7, 11) is 0. The number of nitrogens with two attached hydrogens (primary N) is 3. The minimum absolute atomic E-state index is 0.0526. The molecular formula is C25H46N8O11S. The van der Waals surface area contributed by atoms with Crippen molar-refractivity contribution in [2.45, 2.75) is 31.3 Å². The topological polar surface area (TPSA) is 295 Å². The van der Waals surface area contributed by atoms with Crippen LogP contribution in [0, 0.1) is 0 Å². The molecule has 2 atom stereocenters. The summed E-state index contributed by atoms with van der Waals surface area (Å²) in [6.07, 6.45) is -0.142. The smallest absolute Gasteiger partial charge is 0.242 e. The summed E-state index contributed by atoms with van der Waals surface area (Å²) in [4.78, 5) is 81.3. The molecule has 0 saturated heterocycles. The molecule has 0 aromatic rings. The fourth-order valence-corrected chi connectivity index (χ4v) is 3.33. The third-order valence-electron chi connectivity index (χ3n) is 5.41. The molecule has 0 saturated carbocycles. The van der Waals surface area contributed by atoms with Gasteiger partial charge in [0.05, 0.1) is 72.5 Å². The van der Waals surface area contributed by atoms with E-state index in [1.54, 1.807) is 0 Å². The molecule has 0 rings (SSSR count). The molecule has 19 nitrogen and oxygen atoms in total. The average Bonchev–Trinajstić information content (AvgIpc) is 3.00. The first kappa shape index (κ1) is 41.4. The second-order valence-corrected chi connectivity index (χ2v) is 9.44. The molecule has 0 aliphatic rings. The lowest BCUT2D eigenvalue weighted by Crippen LogP contribution is -2.51. The maximum atomic E-state index is 12.5. The van der Waals surface area contributed by atoms with Gasteiger partial charge in [0, 0.05) is 25.1 Å². The number of thiol groups is 1. The highest BCUT2D eigenvalue weighted by Gasteiger charge is 2.21. The number of carbonyl (C=O) groups excluding carboxylic acids is 7. The van der Waals surface area contributed by atoms with Crippen LogP contribution in [0.25, 0.3) is 0 Å². The molecule has 2 unspecified atom stereocenters. The number of nitrogens with one attached hydrogen (secondary N) is 5. The van der Waals surface area contributed by atoms with Gasteiger partial charge in [-0.3, -0.25) is 33.6 Å². The van der Waals surface area contributed by atoms with Gasteiger partial charge in [0.25, 0.3) is 0 Å². The molecule has 45 heavy (non-hydrogen) atoms. The molecule has 7 amide bonds. The summed E-state index contributed by atoms with van der Waals surface area (Å²) in [6.45, 7) is 1.03. The van der Waals surface area contributed by atoms with Crippen molar-refractivity contribution in [3.05, 3.63) is 0 Å². The Kier molecular flexibility index (Phi) is 24.7. The lowest BCUT2D eigenvalue weighted by Gasteiger charge is -2.18. The molecule has 0 heterocycles. The number of amides is 7. The summed E-state index contributed by atoms with van der Waals surface area (Å²) >= 11 is 3.94. The van der Waals surface area contributed by atoms with Crippen molar-refractivity contribution in [2.24, 2.45) is 17.2 Å². The van der Waals surface area contributed by atoms with E-state index in [9.17, 15) is 33.6 Å². The summed E-state index contributed by atoms with van der Waals surface area (Å²) in [6, 6.07) is -1.90. The molecule has 0 aromatic heterocycles. The maximum absolute atomic E-state index is 12.5. The van der Waals surface area contributed by atoms with Crippen LogP contribution in [0.15, 0.2) is 0 Å².